The van der Waals surface area contributed by atoms with Crippen LogP contribution in [0, 0.1) is 0 Å². The first-order valence-corrected chi connectivity index (χ1v) is 6.61. The van der Waals surface area contributed by atoms with Crippen molar-refractivity contribution in [2.75, 3.05) is 13.2 Å². The molecule has 6 heteroatoms. The zero-order valence-electron chi connectivity index (χ0n) is 11.2. The van der Waals surface area contributed by atoms with Crippen LogP contribution in [0.25, 0.3) is 5.65 Å². The van der Waals surface area contributed by atoms with Gasteiger partial charge in [0, 0.05) is 19.2 Å². The molecule has 2 aromatic rings. The van der Waals surface area contributed by atoms with Crippen molar-refractivity contribution in [3.8, 4) is 0 Å². The topological polar surface area (TPSA) is 63.9 Å². The van der Waals surface area contributed by atoms with Gasteiger partial charge < -0.3 is 9.64 Å². The zero-order valence-corrected chi connectivity index (χ0v) is 11.2. The smallest absolute Gasteiger partial charge is 0.410 e. The number of hydrogen-bond acceptors (Lipinski definition) is 4. The van der Waals surface area contributed by atoms with E-state index in [-0.39, 0.29) is 18.2 Å². The maximum absolute atomic E-state index is 12.4. The van der Waals surface area contributed by atoms with Gasteiger partial charge in [-0.25, -0.2) is 9.78 Å². The van der Waals surface area contributed by atoms with Crippen molar-refractivity contribution in [3.05, 3.63) is 46.0 Å². The van der Waals surface area contributed by atoms with E-state index in [0.29, 0.717) is 30.8 Å². The van der Waals surface area contributed by atoms with Crippen molar-refractivity contribution in [2.45, 2.75) is 19.9 Å². The van der Waals surface area contributed by atoms with E-state index >= 15 is 0 Å². The van der Waals surface area contributed by atoms with E-state index in [1.807, 2.05) is 6.07 Å². The summed E-state index contributed by atoms with van der Waals surface area (Å²) < 4.78 is 6.49. The van der Waals surface area contributed by atoms with Crippen molar-refractivity contribution in [2.24, 2.45) is 0 Å². The molecule has 0 saturated heterocycles. The van der Waals surface area contributed by atoms with Crippen LogP contribution in [-0.2, 0) is 17.7 Å². The SMILES string of the molecule is CCOC(=O)N1CCc2nc3ccccn3c(=O)c2C1. The van der Waals surface area contributed by atoms with Gasteiger partial charge in [-0.2, -0.15) is 0 Å². The number of aromatic nitrogens is 2. The number of hydrogen-bond donors (Lipinski definition) is 0. The van der Waals surface area contributed by atoms with Crippen LogP contribution in [0.5, 0.6) is 0 Å². The third kappa shape index (κ3) is 2.03. The third-order valence-corrected chi connectivity index (χ3v) is 3.41. The molecule has 0 aliphatic carbocycles. The molecule has 0 bridgehead atoms. The van der Waals surface area contributed by atoms with E-state index in [0.717, 1.165) is 5.69 Å². The van der Waals surface area contributed by atoms with Crippen LogP contribution >= 0.6 is 0 Å². The van der Waals surface area contributed by atoms with E-state index in [4.69, 9.17) is 4.74 Å². The Morgan fingerprint density at radius 1 is 1.45 bits per heavy atom. The highest BCUT2D eigenvalue weighted by molar-refractivity contribution is 5.68. The summed E-state index contributed by atoms with van der Waals surface area (Å²) in [7, 11) is 0. The Morgan fingerprint density at radius 2 is 2.30 bits per heavy atom. The van der Waals surface area contributed by atoms with Crippen LogP contribution < -0.4 is 5.56 Å². The quantitative estimate of drug-likeness (QED) is 0.783. The van der Waals surface area contributed by atoms with Crippen LogP contribution in [0.15, 0.2) is 29.2 Å². The molecule has 0 atom stereocenters. The number of ether oxygens (including phenoxy) is 1. The molecule has 0 saturated carbocycles. The minimum Gasteiger partial charge on any atom is -0.450 e. The van der Waals surface area contributed by atoms with Crippen molar-refractivity contribution in [1.82, 2.24) is 14.3 Å². The standard InChI is InChI=1S/C14H15N3O3/c1-2-20-14(19)16-8-6-11-10(9-16)13(18)17-7-4-3-5-12(17)15-11/h3-5,7H,2,6,8-9H2,1H3. The number of rotatable bonds is 1. The van der Waals surface area contributed by atoms with Crippen LogP contribution in [0.1, 0.15) is 18.2 Å². The van der Waals surface area contributed by atoms with E-state index in [1.165, 1.54) is 4.40 Å². The number of nitrogens with zero attached hydrogens (tertiary/aromatic N) is 3. The Bertz CT molecular complexity index is 723. The molecule has 0 aromatic carbocycles. The lowest BCUT2D eigenvalue weighted by atomic mass is 10.1. The molecular weight excluding hydrogens is 258 g/mol. The Balaban J connectivity index is 2.03. The number of pyridine rings is 1. The second-order valence-corrected chi connectivity index (χ2v) is 4.64. The molecule has 3 rings (SSSR count). The summed E-state index contributed by atoms with van der Waals surface area (Å²) in [5.74, 6) is 0. The lowest BCUT2D eigenvalue weighted by molar-refractivity contribution is 0.102. The molecular formula is C14H15N3O3. The first kappa shape index (κ1) is 12.7. The Labute approximate surface area is 115 Å². The maximum Gasteiger partial charge on any atom is 0.410 e. The first-order chi connectivity index (χ1) is 9.70. The molecule has 104 valence electrons. The monoisotopic (exact) mass is 273 g/mol. The lowest BCUT2D eigenvalue weighted by Gasteiger charge is -2.27. The number of amides is 1. The summed E-state index contributed by atoms with van der Waals surface area (Å²) >= 11 is 0. The minimum atomic E-state index is -0.379. The van der Waals surface area contributed by atoms with Gasteiger partial charge in [0.05, 0.1) is 24.4 Å². The van der Waals surface area contributed by atoms with E-state index < -0.39 is 0 Å². The molecule has 20 heavy (non-hydrogen) atoms. The summed E-state index contributed by atoms with van der Waals surface area (Å²) in [4.78, 5) is 30.2. The summed E-state index contributed by atoms with van der Waals surface area (Å²) in [6.07, 6.45) is 1.89. The first-order valence-electron chi connectivity index (χ1n) is 6.61. The Morgan fingerprint density at radius 3 is 3.10 bits per heavy atom. The highest BCUT2D eigenvalue weighted by Crippen LogP contribution is 2.15. The number of fused-ring (bicyclic) bond motifs is 2. The molecule has 3 heterocycles. The second-order valence-electron chi connectivity index (χ2n) is 4.64. The summed E-state index contributed by atoms with van der Waals surface area (Å²) in [5, 5.41) is 0. The van der Waals surface area contributed by atoms with Crippen LogP contribution in [0.4, 0.5) is 4.79 Å². The molecule has 1 aliphatic rings. The molecule has 6 nitrogen and oxygen atoms in total. The predicted molar refractivity (Wildman–Crippen MR) is 72.6 cm³/mol. The van der Waals surface area contributed by atoms with E-state index in [1.54, 1.807) is 30.2 Å². The van der Waals surface area contributed by atoms with Crippen LogP contribution in [0.2, 0.25) is 0 Å². The predicted octanol–water partition coefficient (Wildman–Crippen LogP) is 1.21. The molecule has 0 fully saturated rings. The molecule has 0 radical (unpaired) electrons. The fraction of sp³-hybridized carbons (Fsp3) is 0.357. The number of carbonyl (C=O) groups is 1. The van der Waals surface area contributed by atoms with Crippen LogP contribution in [-0.4, -0.2) is 33.5 Å². The molecule has 0 unspecified atom stereocenters. The summed E-state index contributed by atoms with van der Waals surface area (Å²) in [6.45, 7) is 2.88. The van der Waals surface area contributed by atoms with Gasteiger partial charge in [0.1, 0.15) is 5.65 Å². The normalized spacial score (nSPS) is 14.2. The fourth-order valence-corrected chi connectivity index (χ4v) is 2.42. The molecule has 1 aliphatic heterocycles. The van der Waals surface area contributed by atoms with Crippen molar-refractivity contribution >= 4 is 11.7 Å². The molecule has 0 spiro atoms. The van der Waals surface area contributed by atoms with E-state index in [9.17, 15) is 9.59 Å². The fourth-order valence-electron chi connectivity index (χ4n) is 2.42. The lowest BCUT2D eigenvalue weighted by Crippen LogP contribution is -2.40. The maximum atomic E-state index is 12.4. The van der Waals surface area contributed by atoms with Gasteiger partial charge in [0.15, 0.2) is 0 Å². The van der Waals surface area contributed by atoms with Crippen molar-refractivity contribution in [3.63, 3.8) is 0 Å². The highest BCUT2D eigenvalue weighted by Gasteiger charge is 2.25. The van der Waals surface area contributed by atoms with Gasteiger partial charge in [-0.3, -0.25) is 9.20 Å². The summed E-state index contributed by atoms with van der Waals surface area (Å²) in [5.41, 5.74) is 1.88. The molecule has 2 aromatic heterocycles. The Kier molecular flexibility index (Phi) is 3.14. The van der Waals surface area contributed by atoms with Gasteiger partial charge in [-0.15, -0.1) is 0 Å². The highest BCUT2D eigenvalue weighted by atomic mass is 16.6. The average Bonchev–Trinajstić information content (AvgIpc) is 2.47. The van der Waals surface area contributed by atoms with Gasteiger partial charge in [-0.05, 0) is 19.1 Å². The largest absolute Gasteiger partial charge is 0.450 e. The van der Waals surface area contributed by atoms with Crippen LogP contribution in [0.3, 0.4) is 0 Å². The van der Waals surface area contributed by atoms with Gasteiger partial charge in [0.2, 0.25) is 0 Å². The van der Waals surface area contributed by atoms with E-state index in [2.05, 4.69) is 4.98 Å². The minimum absolute atomic E-state index is 0.111. The molecule has 0 N–H and O–H groups in total. The number of carbonyl (C=O) groups excluding carboxylic acids is 1. The Hall–Kier alpha value is -2.37. The van der Waals surface area contributed by atoms with Crippen molar-refractivity contribution < 1.29 is 9.53 Å². The summed E-state index contributed by atoms with van der Waals surface area (Å²) in [6, 6.07) is 5.44. The van der Waals surface area contributed by atoms with Gasteiger partial charge >= 0.3 is 6.09 Å². The third-order valence-electron chi connectivity index (χ3n) is 3.41. The van der Waals surface area contributed by atoms with Gasteiger partial charge in [0.25, 0.3) is 5.56 Å². The average molecular weight is 273 g/mol. The van der Waals surface area contributed by atoms with Gasteiger partial charge in [-0.1, -0.05) is 6.07 Å². The zero-order chi connectivity index (χ0) is 14.1. The molecule has 1 amide bonds. The second kappa shape index (κ2) is 4.96. The van der Waals surface area contributed by atoms with Crippen molar-refractivity contribution in [1.29, 1.82) is 0 Å².